The molecular formula is C22H29ClN4O2. The lowest BCUT2D eigenvalue weighted by Gasteiger charge is -2.27. The van der Waals surface area contributed by atoms with E-state index in [9.17, 15) is 0 Å². The maximum Gasteiger partial charge on any atom is 0.191 e. The van der Waals surface area contributed by atoms with Gasteiger partial charge in [-0.05, 0) is 35.4 Å². The lowest BCUT2D eigenvalue weighted by Crippen LogP contribution is -2.39. The first-order valence-electron chi connectivity index (χ1n) is 9.94. The molecule has 2 N–H and O–H groups in total. The van der Waals surface area contributed by atoms with Gasteiger partial charge in [-0.25, -0.2) is 0 Å². The van der Waals surface area contributed by atoms with E-state index in [-0.39, 0.29) is 0 Å². The van der Waals surface area contributed by atoms with Crippen molar-refractivity contribution in [3.8, 4) is 5.75 Å². The largest absolute Gasteiger partial charge is 0.492 e. The summed E-state index contributed by atoms with van der Waals surface area (Å²) < 4.78 is 11.1. The van der Waals surface area contributed by atoms with Gasteiger partial charge in [0.25, 0.3) is 0 Å². The van der Waals surface area contributed by atoms with Crippen LogP contribution in [0.1, 0.15) is 11.1 Å². The third-order valence-electron chi connectivity index (χ3n) is 4.76. The summed E-state index contributed by atoms with van der Waals surface area (Å²) in [4.78, 5) is 6.73. The van der Waals surface area contributed by atoms with Crippen molar-refractivity contribution in [2.24, 2.45) is 4.99 Å². The first-order valence-corrected chi connectivity index (χ1v) is 10.3. The molecule has 1 aliphatic rings. The highest BCUT2D eigenvalue weighted by Crippen LogP contribution is 2.15. The van der Waals surface area contributed by atoms with E-state index in [1.807, 2.05) is 24.3 Å². The van der Waals surface area contributed by atoms with E-state index in [0.717, 1.165) is 51.1 Å². The number of ether oxygens (including phenoxy) is 2. The minimum Gasteiger partial charge on any atom is -0.492 e. The summed E-state index contributed by atoms with van der Waals surface area (Å²) in [5.41, 5.74) is 2.61. The molecule has 0 bridgehead atoms. The van der Waals surface area contributed by atoms with Crippen LogP contribution in [0.5, 0.6) is 5.75 Å². The minimum atomic E-state index is 0.538. The van der Waals surface area contributed by atoms with E-state index in [2.05, 4.69) is 44.8 Å². The standard InChI is InChI=1S/C22H29ClN4O2/c1-24-22(25-10-13-29-21-8-6-20(23)7-9-21)26-16-18-4-2-3-5-19(18)17-27-11-14-28-15-12-27/h2-9H,10-17H2,1H3,(H2,24,25,26). The molecule has 1 aliphatic heterocycles. The molecule has 0 amide bonds. The first-order chi connectivity index (χ1) is 14.2. The third kappa shape index (κ3) is 7.24. The molecule has 0 aliphatic carbocycles. The van der Waals surface area contributed by atoms with Gasteiger partial charge in [0, 0.05) is 38.2 Å². The van der Waals surface area contributed by atoms with Gasteiger partial charge in [-0.1, -0.05) is 35.9 Å². The summed E-state index contributed by atoms with van der Waals surface area (Å²) in [6.07, 6.45) is 0. The maximum absolute atomic E-state index is 5.88. The van der Waals surface area contributed by atoms with Crippen LogP contribution in [0.15, 0.2) is 53.5 Å². The van der Waals surface area contributed by atoms with E-state index in [0.29, 0.717) is 18.2 Å². The van der Waals surface area contributed by atoms with Crippen LogP contribution in [0.3, 0.4) is 0 Å². The van der Waals surface area contributed by atoms with Crippen LogP contribution in [-0.2, 0) is 17.8 Å². The van der Waals surface area contributed by atoms with Gasteiger partial charge in [-0.2, -0.15) is 0 Å². The van der Waals surface area contributed by atoms with E-state index in [1.165, 1.54) is 11.1 Å². The van der Waals surface area contributed by atoms with Crippen LogP contribution in [-0.4, -0.2) is 57.4 Å². The zero-order valence-electron chi connectivity index (χ0n) is 16.9. The molecule has 2 aromatic rings. The highest BCUT2D eigenvalue weighted by Gasteiger charge is 2.12. The Labute approximate surface area is 177 Å². The van der Waals surface area contributed by atoms with Crippen molar-refractivity contribution in [1.82, 2.24) is 15.5 Å². The van der Waals surface area contributed by atoms with Crippen LogP contribution < -0.4 is 15.4 Å². The van der Waals surface area contributed by atoms with Crippen LogP contribution in [0, 0.1) is 0 Å². The molecule has 0 saturated carbocycles. The second-order valence-corrected chi connectivity index (χ2v) is 7.25. The monoisotopic (exact) mass is 416 g/mol. The molecule has 0 atom stereocenters. The van der Waals surface area contributed by atoms with Gasteiger partial charge in [0.15, 0.2) is 5.96 Å². The van der Waals surface area contributed by atoms with Crippen molar-refractivity contribution in [3.05, 3.63) is 64.7 Å². The molecule has 6 nitrogen and oxygen atoms in total. The molecule has 1 heterocycles. The van der Waals surface area contributed by atoms with E-state index in [4.69, 9.17) is 21.1 Å². The minimum absolute atomic E-state index is 0.538. The summed E-state index contributed by atoms with van der Waals surface area (Å²) in [7, 11) is 1.77. The van der Waals surface area contributed by atoms with Gasteiger partial charge < -0.3 is 20.1 Å². The number of hydrogen-bond acceptors (Lipinski definition) is 4. The lowest BCUT2D eigenvalue weighted by molar-refractivity contribution is 0.0341. The van der Waals surface area contributed by atoms with Gasteiger partial charge in [0.2, 0.25) is 0 Å². The number of nitrogens with zero attached hydrogens (tertiary/aromatic N) is 2. The number of hydrogen-bond donors (Lipinski definition) is 2. The molecular weight excluding hydrogens is 388 g/mol. The number of nitrogens with one attached hydrogen (secondary N) is 2. The van der Waals surface area contributed by atoms with Gasteiger partial charge in [-0.3, -0.25) is 9.89 Å². The van der Waals surface area contributed by atoms with E-state index in [1.54, 1.807) is 7.05 Å². The van der Waals surface area contributed by atoms with Gasteiger partial charge in [0.05, 0.1) is 19.8 Å². The highest BCUT2D eigenvalue weighted by atomic mass is 35.5. The Morgan fingerprint density at radius 2 is 1.79 bits per heavy atom. The van der Waals surface area contributed by atoms with Gasteiger partial charge in [0.1, 0.15) is 12.4 Å². The molecule has 3 rings (SSSR count). The molecule has 0 radical (unpaired) electrons. The van der Waals surface area contributed by atoms with Crippen molar-refractivity contribution < 1.29 is 9.47 Å². The summed E-state index contributed by atoms with van der Waals surface area (Å²) in [6, 6.07) is 15.9. The normalized spacial score (nSPS) is 15.2. The lowest BCUT2D eigenvalue weighted by atomic mass is 10.1. The van der Waals surface area contributed by atoms with E-state index < -0.39 is 0 Å². The summed E-state index contributed by atoms with van der Waals surface area (Å²) in [5.74, 6) is 1.56. The van der Waals surface area contributed by atoms with Crippen molar-refractivity contribution in [2.75, 3.05) is 46.5 Å². The van der Waals surface area contributed by atoms with Crippen LogP contribution in [0.2, 0.25) is 5.02 Å². The fraction of sp³-hybridized carbons (Fsp3) is 0.409. The molecule has 156 valence electrons. The number of halogens is 1. The zero-order valence-corrected chi connectivity index (χ0v) is 17.6. The maximum atomic E-state index is 5.88. The number of guanidine groups is 1. The number of benzene rings is 2. The molecule has 1 saturated heterocycles. The predicted molar refractivity (Wildman–Crippen MR) is 118 cm³/mol. The molecule has 0 spiro atoms. The SMILES string of the molecule is CN=C(NCCOc1ccc(Cl)cc1)NCc1ccccc1CN1CCOCC1. The van der Waals surface area contributed by atoms with Crippen LogP contribution in [0.25, 0.3) is 0 Å². The fourth-order valence-corrected chi connectivity index (χ4v) is 3.28. The second kappa shape index (κ2) is 11.7. The molecule has 2 aromatic carbocycles. The quantitative estimate of drug-likeness (QED) is 0.393. The third-order valence-corrected chi connectivity index (χ3v) is 5.01. The Bertz CT molecular complexity index is 777. The Balaban J connectivity index is 1.43. The van der Waals surface area contributed by atoms with Crippen molar-refractivity contribution >= 4 is 17.6 Å². The summed E-state index contributed by atoms with van der Waals surface area (Å²) in [5, 5.41) is 7.38. The molecule has 0 aromatic heterocycles. The molecule has 1 fully saturated rings. The van der Waals surface area contributed by atoms with Crippen molar-refractivity contribution in [3.63, 3.8) is 0 Å². The Morgan fingerprint density at radius 3 is 2.52 bits per heavy atom. The zero-order chi connectivity index (χ0) is 20.3. The smallest absolute Gasteiger partial charge is 0.191 e. The summed E-state index contributed by atoms with van der Waals surface area (Å²) in [6.45, 7) is 6.45. The molecule has 29 heavy (non-hydrogen) atoms. The molecule has 0 unspecified atom stereocenters. The number of morpholine rings is 1. The first kappa shape index (κ1) is 21.4. The number of rotatable bonds is 8. The van der Waals surface area contributed by atoms with Crippen molar-refractivity contribution in [1.29, 1.82) is 0 Å². The fourth-order valence-electron chi connectivity index (χ4n) is 3.15. The van der Waals surface area contributed by atoms with Gasteiger partial charge in [-0.15, -0.1) is 0 Å². The van der Waals surface area contributed by atoms with Crippen molar-refractivity contribution in [2.45, 2.75) is 13.1 Å². The van der Waals surface area contributed by atoms with E-state index >= 15 is 0 Å². The topological polar surface area (TPSA) is 58.1 Å². The second-order valence-electron chi connectivity index (χ2n) is 6.81. The summed E-state index contributed by atoms with van der Waals surface area (Å²) >= 11 is 5.88. The van der Waals surface area contributed by atoms with Crippen LogP contribution >= 0.6 is 11.6 Å². The average Bonchev–Trinajstić information content (AvgIpc) is 2.76. The van der Waals surface area contributed by atoms with Gasteiger partial charge >= 0.3 is 0 Å². The predicted octanol–water partition coefficient (Wildman–Crippen LogP) is 2.92. The molecule has 7 heteroatoms. The average molecular weight is 417 g/mol. The van der Waals surface area contributed by atoms with Crippen LogP contribution in [0.4, 0.5) is 0 Å². The highest BCUT2D eigenvalue weighted by molar-refractivity contribution is 6.30. The Morgan fingerprint density at radius 1 is 1.07 bits per heavy atom. The Hall–Kier alpha value is -2.28. The Kier molecular flexibility index (Phi) is 8.61. The number of aliphatic imine (C=N–C) groups is 1.